The SMILES string of the molecule is CC(C1CCCN1C)n1ncc2c(N3CCNC(=O)CC3)nc(-c3noc4c3CCCC43CCCc4sc(N)c(C#N)c43)nc21. The number of hydrogen-bond donors (Lipinski definition) is 2. The van der Waals surface area contributed by atoms with E-state index in [9.17, 15) is 10.1 Å². The Balaban J connectivity index is 1.29. The van der Waals surface area contributed by atoms with E-state index in [1.54, 1.807) is 11.3 Å². The minimum Gasteiger partial charge on any atom is -0.389 e. The van der Waals surface area contributed by atoms with Crippen LogP contribution in [0.2, 0.25) is 0 Å². The minimum absolute atomic E-state index is 0.0464. The molecule has 2 saturated heterocycles. The van der Waals surface area contributed by atoms with Gasteiger partial charge in [-0.2, -0.15) is 10.4 Å². The third-order valence-corrected chi connectivity index (χ3v) is 11.7. The van der Waals surface area contributed by atoms with Crippen LogP contribution in [0.3, 0.4) is 0 Å². The van der Waals surface area contributed by atoms with E-state index < -0.39 is 5.41 Å². The topological polar surface area (TPSA) is 155 Å². The Hall–Kier alpha value is -4.02. The summed E-state index contributed by atoms with van der Waals surface area (Å²) in [5, 5.41) is 24.1. The third kappa shape index (κ3) is 4.36. The van der Waals surface area contributed by atoms with Crippen LogP contribution in [0.25, 0.3) is 22.6 Å². The molecule has 3 unspecified atom stereocenters. The Labute approximate surface area is 265 Å². The molecule has 234 valence electrons. The van der Waals surface area contributed by atoms with E-state index in [0.717, 1.165) is 85.2 Å². The molecule has 2 fully saturated rings. The summed E-state index contributed by atoms with van der Waals surface area (Å²) >= 11 is 1.54. The van der Waals surface area contributed by atoms with Crippen molar-refractivity contribution in [3.05, 3.63) is 33.5 Å². The summed E-state index contributed by atoms with van der Waals surface area (Å²) in [6.45, 7) is 5.04. The maximum absolute atomic E-state index is 12.2. The van der Waals surface area contributed by atoms with E-state index in [1.165, 1.54) is 11.3 Å². The van der Waals surface area contributed by atoms with Gasteiger partial charge in [0.15, 0.2) is 22.9 Å². The molecule has 4 aromatic heterocycles. The number of nitrogens with one attached hydrogen (secondary N) is 1. The molecule has 0 aromatic carbocycles. The molecule has 2 aliphatic carbocycles. The lowest BCUT2D eigenvalue weighted by Gasteiger charge is -2.39. The van der Waals surface area contributed by atoms with Crippen molar-refractivity contribution in [2.75, 3.05) is 43.9 Å². The smallest absolute Gasteiger partial charge is 0.221 e. The average Bonchev–Trinajstić information content (AvgIpc) is 3.81. The van der Waals surface area contributed by atoms with Gasteiger partial charge in [-0.15, -0.1) is 11.3 Å². The van der Waals surface area contributed by atoms with Gasteiger partial charge in [0.1, 0.15) is 16.9 Å². The lowest BCUT2D eigenvalue weighted by Crippen LogP contribution is -2.35. The first-order valence-corrected chi connectivity index (χ1v) is 17.0. The van der Waals surface area contributed by atoms with E-state index in [2.05, 4.69) is 35.2 Å². The first kappa shape index (κ1) is 28.5. The zero-order valence-electron chi connectivity index (χ0n) is 25.8. The van der Waals surface area contributed by atoms with Gasteiger partial charge in [-0.1, -0.05) is 5.16 Å². The number of nitrogens with two attached hydrogens (primary N) is 1. The largest absolute Gasteiger partial charge is 0.389 e. The first-order valence-electron chi connectivity index (χ1n) is 16.2. The van der Waals surface area contributed by atoms with Gasteiger partial charge in [0, 0.05) is 42.5 Å². The molecule has 4 aromatic rings. The molecule has 1 amide bonds. The molecule has 12 nitrogen and oxygen atoms in total. The second-order valence-corrected chi connectivity index (χ2v) is 14.2. The minimum atomic E-state index is -0.418. The number of nitrogen functional groups attached to an aromatic ring is 1. The standard InChI is InChI=1S/C32H38N10O2S/c1-18(22-7-5-13-40(22)2)42-31-21(17-36-42)30(41-14-9-24(43)35-12-15-41)37-29(38-31)26-19-6-3-10-32(27(19)44-39-26)11-4-8-23-25(32)20(16-33)28(34)45-23/h17-18,22H,3-15,34H2,1-2H3,(H,35,43). The van der Waals surface area contributed by atoms with E-state index >= 15 is 0 Å². The molecule has 4 aliphatic rings. The molecule has 45 heavy (non-hydrogen) atoms. The van der Waals surface area contributed by atoms with Crippen molar-refractivity contribution < 1.29 is 9.32 Å². The van der Waals surface area contributed by atoms with E-state index in [4.69, 9.17) is 30.5 Å². The number of anilines is 2. The fourth-order valence-corrected chi connectivity index (χ4v) is 9.62. The molecule has 0 saturated carbocycles. The molecule has 0 radical (unpaired) electrons. The number of likely N-dealkylation sites (N-methyl/N-ethyl adjacent to an activating group) is 1. The number of amides is 1. The summed E-state index contributed by atoms with van der Waals surface area (Å²) in [7, 11) is 2.18. The number of hydrogen-bond acceptors (Lipinski definition) is 11. The van der Waals surface area contributed by atoms with Crippen LogP contribution in [0.5, 0.6) is 0 Å². The van der Waals surface area contributed by atoms with Gasteiger partial charge >= 0.3 is 0 Å². The van der Waals surface area contributed by atoms with Gasteiger partial charge in [-0.05, 0) is 77.4 Å². The number of nitriles is 1. The number of aryl methyl sites for hydroxylation is 1. The Bertz CT molecular complexity index is 1850. The molecule has 3 atom stereocenters. The zero-order valence-corrected chi connectivity index (χ0v) is 26.6. The Morgan fingerprint density at radius 2 is 2.02 bits per heavy atom. The van der Waals surface area contributed by atoms with Crippen molar-refractivity contribution in [1.29, 1.82) is 5.26 Å². The Morgan fingerprint density at radius 1 is 1.18 bits per heavy atom. The lowest BCUT2D eigenvalue weighted by atomic mass is 9.63. The Kier molecular flexibility index (Phi) is 6.83. The van der Waals surface area contributed by atoms with Crippen LogP contribution in [0.4, 0.5) is 10.8 Å². The summed E-state index contributed by atoms with van der Waals surface area (Å²) in [6, 6.07) is 2.88. The lowest BCUT2D eigenvalue weighted by molar-refractivity contribution is -0.120. The predicted molar refractivity (Wildman–Crippen MR) is 171 cm³/mol. The van der Waals surface area contributed by atoms with Gasteiger partial charge in [-0.3, -0.25) is 4.79 Å². The number of carbonyl (C=O) groups is 1. The predicted octanol–water partition coefficient (Wildman–Crippen LogP) is 3.94. The number of rotatable bonds is 4. The monoisotopic (exact) mass is 626 g/mol. The van der Waals surface area contributed by atoms with Crippen LogP contribution in [-0.2, 0) is 23.1 Å². The summed E-state index contributed by atoms with van der Waals surface area (Å²) in [6.07, 6.45) is 10.0. The first-order chi connectivity index (χ1) is 21.9. The fraction of sp³-hybridized carbons (Fsp3) is 0.562. The maximum Gasteiger partial charge on any atom is 0.221 e. The Morgan fingerprint density at radius 3 is 2.82 bits per heavy atom. The molecule has 13 heteroatoms. The van der Waals surface area contributed by atoms with E-state index in [-0.39, 0.29) is 11.9 Å². The van der Waals surface area contributed by atoms with Crippen molar-refractivity contribution in [3.63, 3.8) is 0 Å². The zero-order chi connectivity index (χ0) is 30.9. The number of carbonyl (C=O) groups excluding carboxylic acids is 1. The van der Waals surface area contributed by atoms with Gasteiger partial charge in [0.05, 0.1) is 28.6 Å². The molecule has 2 aliphatic heterocycles. The maximum atomic E-state index is 12.2. The normalized spacial score (nSPS) is 24.3. The van der Waals surface area contributed by atoms with Crippen LogP contribution in [0.1, 0.15) is 85.2 Å². The second kappa shape index (κ2) is 10.8. The molecular weight excluding hydrogens is 588 g/mol. The quantitative estimate of drug-likeness (QED) is 0.340. The summed E-state index contributed by atoms with van der Waals surface area (Å²) < 4.78 is 8.36. The highest BCUT2D eigenvalue weighted by atomic mass is 32.1. The van der Waals surface area contributed by atoms with Crippen molar-refractivity contribution in [2.24, 2.45) is 0 Å². The summed E-state index contributed by atoms with van der Waals surface area (Å²) in [4.78, 5) is 28.4. The summed E-state index contributed by atoms with van der Waals surface area (Å²) in [5.74, 6) is 2.16. The number of nitrogens with zero attached hydrogens (tertiary/aromatic N) is 8. The summed E-state index contributed by atoms with van der Waals surface area (Å²) in [5.41, 5.74) is 10.0. The van der Waals surface area contributed by atoms with Gasteiger partial charge < -0.3 is 25.4 Å². The van der Waals surface area contributed by atoms with E-state index in [0.29, 0.717) is 54.2 Å². The molecular formula is C32H38N10O2S. The van der Waals surface area contributed by atoms with Crippen LogP contribution in [-0.4, -0.2) is 75.0 Å². The van der Waals surface area contributed by atoms with Crippen LogP contribution < -0.4 is 16.0 Å². The van der Waals surface area contributed by atoms with Gasteiger partial charge in [0.2, 0.25) is 5.91 Å². The molecule has 8 rings (SSSR count). The van der Waals surface area contributed by atoms with Crippen LogP contribution >= 0.6 is 11.3 Å². The second-order valence-electron chi connectivity index (χ2n) is 13.1. The molecule has 6 heterocycles. The number of thiophene rings is 1. The highest BCUT2D eigenvalue weighted by molar-refractivity contribution is 7.16. The highest BCUT2D eigenvalue weighted by Crippen LogP contribution is 2.55. The molecule has 0 bridgehead atoms. The van der Waals surface area contributed by atoms with Gasteiger partial charge in [-0.25, -0.2) is 14.6 Å². The van der Waals surface area contributed by atoms with E-state index in [1.807, 2.05) is 10.9 Å². The number of aromatic nitrogens is 5. The van der Waals surface area contributed by atoms with Crippen molar-refractivity contribution >= 4 is 39.1 Å². The van der Waals surface area contributed by atoms with Gasteiger partial charge in [0.25, 0.3) is 0 Å². The van der Waals surface area contributed by atoms with Crippen molar-refractivity contribution in [1.82, 2.24) is 35.1 Å². The molecule has 3 N–H and O–H groups in total. The average molecular weight is 627 g/mol. The molecule has 1 spiro atoms. The van der Waals surface area contributed by atoms with Crippen LogP contribution in [0.15, 0.2) is 10.7 Å². The fourth-order valence-electron chi connectivity index (χ4n) is 8.46. The van der Waals surface area contributed by atoms with Crippen LogP contribution in [0, 0.1) is 11.3 Å². The third-order valence-electron chi connectivity index (χ3n) is 10.6. The van der Waals surface area contributed by atoms with Crippen molar-refractivity contribution in [2.45, 2.75) is 82.2 Å². The number of likely N-dealkylation sites (tertiary alicyclic amines) is 1. The highest BCUT2D eigenvalue weighted by Gasteiger charge is 2.49. The van der Waals surface area contributed by atoms with Crippen molar-refractivity contribution in [3.8, 4) is 17.6 Å². The number of fused-ring (bicyclic) bond motifs is 5.